The molecule has 0 saturated carbocycles. The van der Waals surface area contributed by atoms with Crippen molar-refractivity contribution in [3.63, 3.8) is 0 Å². The van der Waals surface area contributed by atoms with E-state index < -0.39 is 26.9 Å². The van der Waals surface area contributed by atoms with Gasteiger partial charge in [-0.25, -0.2) is 13.9 Å². The second-order valence-electron chi connectivity index (χ2n) is 7.07. The smallest absolute Gasteiger partial charge is 0.255 e. The average molecular weight is 454 g/mol. The number of hydrogen-bond acceptors (Lipinski definition) is 6. The number of sulfone groups is 1. The van der Waals surface area contributed by atoms with E-state index in [0.29, 0.717) is 37.2 Å². The fourth-order valence-electron chi connectivity index (χ4n) is 3.45. The third kappa shape index (κ3) is 5.37. The summed E-state index contributed by atoms with van der Waals surface area (Å²) in [6, 6.07) is 14.5. The summed E-state index contributed by atoms with van der Waals surface area (Å²) in [7, 11) is -3.78. The summed E-state index contributed by atoms with van der Waals surface area (Å²) in [6.07, 6.45) is 0.619. The Morgan fingerprint density at radius 1 is 1.00 bits per heavy atom. The SMILES string of the molecule is Cl.O=C(Nc1ccc(S(=O)(=O)CC2(C(=O)NO)CCNCC2)cc1)c1ccccc1. The molecular formula is C20H24ClN3O5S. The van der Waals surface area contributed by atoms with Gasteiger partial charge in [-0.05, 0) is 62.3 Å². The molecule has 0 spiro atoms. The molecular weight excluding hydrogens is 430 g/mol. The predicted molar refractivity (Wildman–Crippen MR) is 115 cm³/mol. The van der Waals surface area contributed by atoms with Crippen molar-refractivity contribution in [2.45, 2.75) is 17.7 Å². The number of carbonyl (C=O) groups is 2. The molecule has 30 heavy (non-hydrogen) atoms. The molecule has 0 bridgehead atoms. The van der Waals surface area contributed by atoms with Gasteiger partial charge >= 0.3 is 0 Å². The molecule has 10 heteroatoms. The quantitative estimate of drug-likeness (QED) is 0.391. The Balaban J connectivity index is 0.00000320. The molecule has 1 saturated heterocycles. The van der Waals surface area contributed by atoms with Crippen LogP contribution in [0.5, 0.6) is 0 Å². The van der Waals surface area contributed by atoms with Crippen molar-refractivity contribution in [2.75, 3.05) is 24.2 Å². The van der Waals surface area contributed by atoms with E-state index in [1.807, 2.05) is 6.07 Å². The Kier molecular flexibility index (Phi) is 7.96. The Bertz CT molecular complexity index is 975. The lowest BCUT2D eigenvalue weighted by Gasteiger charge is -2.34. The molecule has 8 nitrogen and oxygen atoms in total. The van der Waals surface area contributed by atoms with E-state index in [1.54, 1.807) is 29.7 Å². The van der Waals surface area contributed by atoms with E-state index in [1.165, 1.54) is 24.3 Å². The Hall–Kier alpha value is -2.46. The van der Waals surface area contributed by atoms with Gasteiger partial charge in [-0.3, -0.25) is 14.8 Å². The molecule has 0 radical (unpaired) electrons. The largest absolute Gasteiger partial charge is 0.322 e. The number of piperidine rings is 1. The van der Waals surface area contributed by atoms with Crippen LogP contribution in [-0.4, -0.2) is 44.3 Å². The first-order valence-electron chi connectivity index (χ1n) is 9.21. The highest BCUT2D eigenvalue weighted by Gasteiger charge is 2.43. The molecule has 4 N–H and O–H groups in total. The van der Waals surface area contributed by atoms with Crippen LogP contribution in [0.1, 0.15) is 23.2 Å². The standard InChI is InChI=1S/C20H23N3O5S.ClH/c24-18(15-4-2-1-3-5-15)22-16-6-8-17(9-7-16)29(27,28)14-20(19(25)23-26)10-12-21-13-11-20;/h1-9,21,26H,10-14H2,(H,22,24)(H,23,25);1H. The van der Waals surface area contributed by atoms with Crippen molar-refractivity contribution in [1.82, 2.24) is 10.8 Å². The monoisotopic (exact) mass is 453 g/mol. The topological polar surface area (TPSA) is 125 Å². The first kappa shape index (κ1) is 23.8. The number of carbonyl (C=O) groups excluding carboxylic acids is 2. The fourth-order valence-corrected chi connectivity index (χ4v) is 5.31. The highest BCUT2D eigenvalue weighted by molar-refractivity contribution is 7.91. The van der Waals surface area contributed by atoms with E-state index in [-0.39, 0.29) is 23.2 Å². The molecule has 0 atom stereocenters. The molecule has 0 aliphatic carbocycles. The van der Waals surface area contributed by atoms with Crippen LogP contribution >= 0.6 is 12.4 Å². The van der Waals surface area contributed by atoms with Gasteiger partial charge in [-0.15, -0.1) is 12.4 Å². The minimum atomic E-state index is -3.78. The highest BCUT2D eigenvalue weighted by Crippen LogP contribution is 2.33. The lowest BCUT2D eigenvalue weighted by molar-refractivity contribution is -0.140. The minimum Gasteiger partial charge on any atom is -0.322 e. The van der Waals surface area contributed by atoms with E-state index >= 15 is 0 Å². The molecule has 0 aromatic heterocycles. The number of hydrogen-bond donors (Lipinski definition) is 4. The zero-order chi connectivity index (χ0) is 20.9. The maximum Gasteiger partial charge on any atom is 0.255 e. The lowest BCUT2D eigenvalue weighted by atomic mass is 9.80. The maximum atomic E-state index is 12.9. The van der Waals surface area contributed by atoms with Crippen molar-refractivity contribution < 1.29 is 23.2 Å². The van der Waals surface area contributed by atoms with Crippen LogP contribution < -0.4 is 16.1 Å². The van der Waals surface area contributed by atoms with Crippen LogP contribution in [0.25, 0.3) is 0 Å². The molecule has 162 valence electrons. The summed E-state index contributed by atoms with van der Waals surface area (Å²) in [5, 5.41) is 14.9. The van der Waals surface area contributed by atoms with Crippen LogP contribution in [0.3, 0.4) is 0 Å². The third-order valence-corrected chi connectivity index (χ3v) is 7.04. The van der Waals surface area contributed by atoms with Gasteiger partial charge in [-0.2, -0.15) is 0 Å². The molecule has 2 aromatic carbocycles. The summed E-state index contributed by atoms with van der Waals surface area (Å²) >= 11 is 0. The van der Waals surface area contributed by atoms with E-state index in [4.69, 9.17) is 5.21 Å². The summed E-state index contributed by atoms with van der Waals surface area (Å²) < 4.78 is 25.8. The predicted octanol–water partition coefficient (Wildman–Crippen LogP) is 2.01. The summed E-state index contributed by atoms with van der Waals surface area (Å²) in [6.45, 7) is 0.987. The van der Waals surface area contributed by atoms with Gasteiger partial charge in [0.25, 0.3) is 11.8 Å². The molecule has 2 amide bonds. The normalized spacial score (nSPS) is 15.5. The van der Waals surface area contributed by atoms with E-state index in [9.17, 15) is 18.0 Å². The van der Waals surface area contributed by atoms with Gasteiger partial charge in [0.2, 0.25) is 0 Å². The number of amides is 2. The molecule has 0 unspecified atom stereocenters. The molecule has 1 heterocycles. The third-order valence-electron chi connectivity index (χ3n) is 5.12. The second-order valence-corrected chi connectivity index (χ2v) is 9.06. The summed E-state index contributed by atoms with van der Waals surface area (Å²) in [4.78, 5) is 24.5. The first-order chi connectivity index (χ1) is 13.9. The minimum absolute atomic E-state index is 0. The number of benzene rings is 2. The van der Waals surface area contributed by atoms with Gasteiger partial charge in [-0.1, -0.05) is 18.2 Å². The lowest BCUT2D eigenvalue weighted by Crippen LogP contribution is -2.50. The van der Waals surface area contributed by atoms with Crippen LogP contribution in [0.4, 0.5) is 5.69 Å². The number of halogens is 1. The van der Waals surface area contributed by atoms with E-state index in [0.717, 1.165) is 0 Å². The van der Waals surface area contributed by atoms with Gasteiger partial charge in [0.05, 0.1) is 16.1 Å². The molecule has 2 aromatic rings. The number of hydroxylamine groups is 1. The Labute approximate surface area is 181 Å². The van der Waals surface area contributed by atoms with Crippen LogP contribution in [-0.2, 0) is 14.6 Å². The van der Waals surface area contributed by atoms with Crippen molar-refractivity contribution >= 4 is 39.7 Å². The van der Waals surface area contributed by atoms with Gasteiger partial charge in [0, 0.05) is 11.3 Å². The number of rotatable bonds is 6. The number of anilines is 1. The Morgan fingerprint density at radius 2 is 1.60 bits per heavy atom. The summed E-state index contributed by atoms with van der Waals surface area (Å²) in [5.41, 5.74) is 1.39. The van der Waals surface area contributed by atoms with Crippen molar-refractivity contribution in [1.29, 1.82) is 0 Å². The van der Waals surface area contributed by atoms with E-state index in [2.05, 4.69) is 10.6 Å². The van der Waals surface area contributed by atoms with Gasteiger partial charge < -0.3 is 10.6 Å². The van der Waals surface area contributed by atoms with Gasteiger partial charge in [0.15, 0.2) is 9.84 Å². The molecule has 1 aliphatic rings. The first-order valence-corrected chi connectivity index (χ1v) is 10.9. The zero-order valence-corrected chi connectivity index (χ0v) is 17.8. The highest BCUT2D eigenvalue weighted by atomic mass is 35.5. The summed E-state index contributed by atoms with van der Waals surface area (Å²) in [5.74, 6) is -1.38. The van der Waals surface area contributed by atoms with Gasteiger partial charge in [0.1, 0.15) is 0 Å². The van der Waals surface area contributed by atoms with Crippen molar-refractivity contribution in [3.8, 4) is 0 Å². The van der Waals surface area contributed by atoms with Crippen molar-refractivity contribution in [3.05, 3.63) is 60.2 Å². The molecule has 3 rings (SSSR count). The maximum absolute atomic E-state index is 12.9. The average Bonchev–Trinajstić information content (AvgIpc) is 2.74. The molecule has 1 fully saturated rings. The fraction of sp³-hybridized carbons (Fsp3) is 0.300. The van der Waals surface area contributed by atoms with Crippen LogP contribution in [0.2, 0.25) is 0 Å². The van der Waals surface area contributed by atoms with Crippen molar-refractivity contribution in [2.24, 2.45) is 5.41 Å². The number of nitrogens with one attached hydrogen (secondary N) is 3. The zero-order valence-electron chi connectivity index (χ0n) is 16.1. The second kappa shape index (κ2) is 10.0. The molecule has 1 aliphatic heterocycles. The van der Waals surface area contributed by atoms with Crippen LogP contribution in [0.15, 0.2) is 59.5 Å². The Morgan fingerprint density at radius 3 is 2.17 bits per heavy atom. The van der Waals surface area contributed by atoms with Crippen LogP contribution in [0, 0.1) is 5.41 Å².